The number of carbonyl (C=O) groups is 3. The quantitative estimate of drug-likeness (QED) is 0.409. The Balaban J connectivity index is 1.30. The van der Waals surface area contributed by atoms with E-state index < -0.39 is 41.3 Å². The van der Waals surface area contributed by atoms with Crippen LogP contribution in [0, 0.1) is 29.5 Å². The molecule has 2 saturated heterocycles. The fraction of sp³-hybridized carbons (Fsp3) is 0.469. The van der Waals surface area contributed by atoms with E-state index in [2.05, 4.69) is 24.5 Å². The van der Waals surface area contributed by atoms with Crippen LogP contribution in [0.2, 0.25) is 10.0 Å². The molecule has 3 aliphatic heterocycles. The maximum atomic E-state index is 14.2. The molecule has 1 aliphatic carbocycles. The van der Waals surface area contributed by atoms with Crippen LogP contribution in [-0.2, 0) is 25.5 Å². The monoisotopic (exact) mass is 613 g/mol. The number of anilines is 1. The van der Waals surface area contributed by atoms with Crippen molar-refractivity contribution < 1.29 is 23.5 Å². The van der Waals surface area contributed by atoms with Crippen LogP contribution >= 0.6 is 23.2 Å². The predicted octanol–water partition coefficient (Wildman–Crippen LogP) is 5.41. The zero-order valence-corrected chi connectivity index (χ0v) is 25.0. The lowest BCUT2D eigenvalue weighted by atomic mass is 9.73. The standard InChI is InChI=1S/C32H34Cl2FN3O4/c1-17-4-3-5-24(18(17)2)37-30(40)28-32-14-12-25(42-32)26(29(39)36-21-10-11-23(35)22(34)16-21)27(32)31(41)38(28)15-13-19-6-8-20(33)9-7-19/h6-12,14,16-18,24-28H,3-5,13,15H2,1-2H3,(H,36,39)(H,37,40)/t17?,18?,24?,25-,26?,27-,28?,32?/m0/s1. The van der Waals surface area contributed by atoms with Crippen molar-refractivity contribution in [3.05, 3.63) is 76.0 Å². The molecule has 6 unspecified atom stereocenters. The number of carbonyl (C=O) groups excluding carboxylic acids is 3. The molecule has 4 aliphatic rings. The van der Waals surface area contributed by atoms with Crippen LogP contribution in [0.4, 0.5) is 10.1 Å². The highest BCUT2D eigenvalue weighted by molar-refractivity contribution is 6.31. The molecule has 1 saturated carbocycles. The summed E-state index contributed by atoms with van der Waals surface area (Å²) >= 11 is 12.0. The second kappa shape index (κ2) is 11.3. The van der Waals surface area contributed by atoms with Crippen LogP contribution in [0.25, 0.3) is 0 Å². The van der Waals surface area contributed by atoms with Gasteiger partial charge in [-0.2, -0.15) is 0 Å². The van der Waals surface area contributed by atoms with Gasteiger partial charge in [0.15, 0.2) is 0 Å². The number of ether oxygens (including phenoxy) is 1. The zero-order valence-electron chi connectivity index (χ0n) is 23.5. The van der Waals surface area contributed by atoms with E-state index in [1.807, 2.05) is 12.1 Å². The number of hydrogen-bond acceptors (Lipinski definition) is 4. The summed E-state index contributed by atoms with van der Waals surface area (Å²) in [6.07, 6.45) is 6.45. The van der Waals surface area contributed by atoms with Crippen molar-refractivity contribution in [3.63, 3.8) is 0 Å². The van der Waals surface area contributed by atoms with Gasteiger partial charge in [-0.3, -0.25) is 14.4 Å². The van der Waals surface area contributed by atoms with E-state index in [1.54, 1.807) is 29.2 Å². The summed E-state index contributed by atoms with van der Waals surface area (Å²) in [5, 5.41) is 6.54. The molecule has 2 aromatic carbocycles. The van der Waals surface area contributed by atoms with Gasteiger partial charge in [-0.1, -0.05) is 74.2 Å². The molecule has 3 amide bonds. The Kier molecular flexibility index (Phi) is 7.83. The zero-order chi connectivity index (χ0) is 29.8. The number of likely N-dealkylation sites (tertiary alicyclic amines) is 1. The van der Waals surface area contributed by atoms with Crippen LogP contribution in [0.1, 0.15) is 38.7 Å². The average molecular weight is 615 g/mol. The van der Waals surface area contributed by atoms with Crippen molar-refractivity contribution in [1.29, 1.82) is 0 Å². The Hall–Kier alpha value is -2.94. The Labute approximate surface area is 254 Å². The summed E-state index contributed by atoms with van der Waals surface area (Å²) < 4.78 is 20.1. The molecule has 42 heavy (non-hydrogen) atoms. The van der Waals surface area contributed by atoms with E-state index in [0.29, 0.717) is 29.0 Å². The Morgan fingerprint density at radius 2 is 1.86 bits per heavy atom. The summed E-state index contributed by atoms with van der Waals surface area (Å²) in [5.41, 5.74) is 0.0171. The first-order valence-electron chi connectivity index (χ1n) is 14.6. The van der Waals surface area contributed by atoms with Gasteiger partial charge in [0.2, 0.25) is 17.7 Å². The maximum Gasteiger partial charge on any atom is 0.246 e. The number of nitrogens with zero attached hydrogens (tertiary/aromatic N) is 1. The Bertz CT molecular complexity index is 1440. The molecular formula is C32H34Cl2FN3O4. The number of halogens is 3. The molecule has 2 bridgehead atoms. The van der Waals surface area contributed by atoms with Gasteiger partial charge in [-0.25, -0.2) is 4.39 Å². The van der Waals surface area contributed by atoms with Crippen molar-refractivity contribution in [2.45, 2.75) is 63.3 Å². The van der Waals surface area contributed by atoms with Crippen LogP contribution in [0.3, 0.4) is 0 Å². The van der Waals surface area contributed by atoms with Gasteiger partial charge in [-0.15, -0.1) is 0 Å². The lowest BCUT2D eigenvalue weighted by Crippen LogP contribution is -2.58. The minimum Gasteiger partial charge on any atom is -0.359 e. The van der Waals surface area contributed by atoms with Crippen molar-refractivity contribution in [2.75, 3.05) is 11.9 Å². The minimum absolute atomic E-state index is 0.00480. The van der Waals surface area contributed by atoms with E-state index >= 15 is 0 Å². The van der Waals surface area contributed by atoms with Gasteiger partial charge in [0.1, 0.15) is 17.5 Å². The third kappa shape index (κ3) is 5.01. The highest BCUT2D eigenvalue weighted by Gasteiger charge is 2.72. The normalized spacial score (nSPS) is 33.1. The molecule has 0 aromatic heterocycles. The molecule has 1 spiro atoms. The smallest absolute Gasteiger partial charge is 0.246 e. The Morgan fingerprint density at radius 1 is 1.10 bits per heavy atom. The van der Waals surface area contributed by atoms with Crippen LogP contribution in [0.5, 0.6) is 0 Å². The van der Waals surface area contributed by atoms with Crippen LogP contribution < -0.4 is 10.6 Å². The topological polar surface area (TPSA) is 87.7 Å². The van der Waals surface area contributed by atoms with E-state index in [0.717, 1.165) is 24.8 Å². The van der Waals surface area contributed by atoms with Gasteiger partial charge in [0, 0.05) is 23.3 Å². The van der Waals surface area contributed by atoms with Crippen LogP contribution in [0.15, 0.2) is 54.6 Å². The lowest BCUT2D eigenvalue weighted by Gasteiger charge is -2.38. The molecule has 10 heteroatoms. The largest absolute Gasteiger partial charge is 0.359 e. The van der Waals surface area contributed by atoms with Crippen LogP contribution in [-0.4, -0.2) is 53.0 Å². The van der Waals surface area contributed by atoms with E-state index in [9.17, 15) is 18.8 Å². The maximum absolute atomic E-state index is 14.2. The van der Waals surface area contributed by atoms with Crippen molar-refractivity contribution in [2.24, 2.45) is 23.7 Å². The second-order valence-corrected chi connectivity index (χ2v) is 13.0. The molecule has 0 radical (unpaired) electrons. The molecule has 8 atom stereocenters. The van der Waals surface area contributed by atoms with E-state index in [-0.39, 0.29) is 29.4 Å². The fourth-order valence-electron chi connectivity index (χ4n) is 7.26. The summed E-state index contributed by atoms with van der Waals surface area (Å²) in [7, 11) is 0. The lowest BCUT2D eigenvalue weighted by molar-refractivity contribution is -0.141. The van der Waals surface area contributed by atoms with Gasteiger partial charge < -0.3 is 20.3 Å². The predicted molar refractivity (Wildman–Crippen MR) is 159 cm³/mol. The van der Waals surface area contributed by atoms with Gasteiger partial charge in [-0.05, 0) is 60.6 Å². The number of nitrogens with one attached hydrogen (secondary N) is 2. The summed E-state index contributed by atoms with van der Waals surface area (Å²) in [4.78, 5) is 43.6. The molecule has 3 heterocycles. The molecule has 7 nitrogen and oxygen atoms in total. The molecule has 3 fully saturated rings. The second-order valence-electron chi connectivity index (χ2n) is 12.1. The van der Waals surface area contributed by atoms with Gasteiger partial charge >= 0.3 is 0 Å². The van der Waals surface area contributed by atoms with Crippen molar-refractivity contribution >= 4 is 46.6 Å². The summed E-state index contributed by atoms with van der Waals surface area (Å²) in [6, 6.07) is 10.4. The molecule has 222 valence electrons. The summed E-state index contributed by atoms with van der Waals surface area (Å²) in [5.74, 6) is -2.56. The SMILES string of the molecule is CC1CCCC(NC(=O)C2N(CCc3ccc(Cl)cc3)C(=O)[C@@H]3C(C(=O)Nc4ccc(F)c(Cl)c4)[C@@H]4C=CC23O4)C1C. The first kappa shape index (κ1) is 29.1. The highest BCUT2D eigenvalue weighted by Crippen LogP contribution is 2.55. The first-order chi connectivity index (χ1) is 20.1. The third-order valence-electron chi connectivity index (χ3n) is 9.70. The highest BCUT2D eigenvalue weighted by atomic mass is 35.5. The van der Waals surface area contributed by atoms with Gasteiger partial charge in [0.05, 0.1) is 23.0 Å². The number of amides is 3. The number of hydrogen-bond donors (Lipinski definition) is 2. The van der Waals surface area contributed by atoms with E-state index in [4.69, 9.17) is 27.9 Å². The number of rotatable bonds is 7. The molecule has 2 N–H and O–H groups in total. The first-order valence-corrected chi connectivity index (χ1v) is 15.3. The minimum atomic E-state index is -1.27. The van der Waals surface area contributed by atoms with E-state index in [1.165, 1.54) is 18.2 Å². The van der Waals surface area contributed by atoms with Crippen molar-refractivity contribution in [1.82, 2.24) is 10.2 Å². The van der Waals surface area contributed by atoms with Crippen molar-refractivity contribution in [3.8, 4) is 0 Å². The fourth-order valence-corrected chi connectivity index (χ4v) is 7.56. The molecule has 6 rings (SSSR count). The third-order valence-corrected chi connectivity index (χ3v) is 10.2. The van der Waals surface area contributed by atoms with Gasteiger partial charge in [0.25, 0.3) is 0 Å². The summed E-state index contributed by atoms with van der Waals surface area (Å²) in [6.45, 7) is 4.64. The number of fused-ring (bicyclic) bond motifs is 1. The Morgan fingerprint density at radius 3 is 2.60 bits per heavy atom. The number of benzene rings is 2. The average Bonchev–Trinajstić information content (AvgIpc) is 3.60. The molecular weight excluding hydrogens is 580 g/mol. The molecule has 2 aromatic rings.